The number of ether oxygens (including phenoxy) is 2. The zero-order chi connectivity index (χ0) is 18.7. The molecule has 0 heterocycles. The second-order valence-electron chi connectivity index (χ2n) is 8.03. The van der Waals surface area contributed by atoms with Gasteiger partial charge in [-0.3, -0.25) is 0 Å². The maximum Gasteiger partial charge on any atom is 0.229 e. The minimum Gasteiger partial charge on any atom is -0.466 e. The van der Waals surface area contributed by atoms with Gasteiger partial charge in [0.2, 0.25) is 6.79 Å². The van der Waals surface area contributed by atoms with Gasteiger partial charge in [-0.15, -0.1) is 0 Å². The van der Waals surface area contributed by atoms with Crippen molar-refractivity contribution >= 4 is 0 Å². The maximum absolute atomic E-state index is 5.61. The second-order valence-corrected chi connectivity index (χ2v) is 8.03. The fourth-order valence-electron chi connectivity index (χ4n) is 2.90. The normalized spacial score (nSPS) is 11.9. The zero-order valence-corrected chi connectivity index (χ0v) is 16.3. The van der Waals surface area contributed by atoms with E-state index in [1.54, 1.807) is 0 Å². The van der Waals surface area contributed by atoms with Gasteiger partial charge < -0.3 is 9.47 Å². The molecule has 0 fully saturated rings. The van der Waals surface area contributed by atoms with Crippen molar-refractivity contribution in [3.8, 4) is 5.75 Å². The van der Waals surface area contributed by atoms with E-state index in [0.717, 1.165) is 11.3 Å². The molecular weight excluding hydrogens is 308 g/mol. The summed E-state index contributed by atoms with van der Waals surface area (Å²) in [6.45, 7) is 17.0. The van der Waals surface area contributed by atoms with Gasteiger partial charge in [0.05, 0.1) is 6.26 Å². The van der Waals surface area contributed by atoms with Crippen LogP contribution in [-0.2, 0) is 15.6 Å². The van der Waals surface area contributed by atoms with Crippen LogP contribution in [0.2, 0.25) is 0 Å². The molecule has 0 aliphatic carbocycles. The van der Waals surface area contributed by atoms with Gasteiger partial charge in [0.25, 0.3) is 0 Å². The monoisotopic (exact) mass is 338 g/mol. The molecule has 0 atom stereocenters. The lowest BCUT2D eigenvalue weighted by Crippen LogP contribution is -2.20. The Morgan fingerprint density at radius 3 is 1.96 bits per heavy atom. The van der Waals surface area contributed by atoms with Crippen LogP contribution in [0.4, 0.5) is 0 Å². The summed E-state index contributed by atoms with van der Waals surface area (Å²) in [6.07, 6.45) is 1.38. The second kappa shape index (κ2) is 7.35. The fourth-order valence-corrected chi connectivity index (χ4v) is 2.90. The van der Waals surface area contributed by atoms with E-state index in [9.17, 15) is 0 Å². The van der Waals surface area contributed by atoms with Crippen LogP contribution in [0.3, 0.4) is 0 Å². The molecule has 2 aromatic carbocycles. The summed E-state index contributed by atoms with van der Waals surface area (Å²) in [5, 5.41) is 0. The van der Waals surface area contributed by atoms with Crippen LogP contribution in [0.25, 0.3) is 0 Å². The van der Waals surface area contributed by atoms with Gasteiger partial charge in [0.1, 0.15) is 5.75 Å². The summed E-state index contributed by atoms with van der Waals surface area (Å²) in [7, 11) is 0. The molecule has 0 aromatic heterocycles. The quantitative estimate of drug-likeness (QED) is 0.359. The van der Waals surface area contributed by atoms with E-state index < -0.39 is 0 Å². The molecule has 2 heteroatoms. The van der Waals surface area contributed by atoms with Crippen LogP contribution >= 0.6 is 0 Å². The minimum absolute atomic E-state index is 0.0721. The third-order valence-corrected chi connectivity index (χ3v) is 4.77. The summed E-state index contributed by atoms with van der Waals surface area (Å²) in [6, 6.07) is 15.3. The Kier molecular flexibility index (Phi) is 5.62. The van der Waals surface area contributed by atoms with E-state index in [1.165, 1.54) is 23.0 Å². The standard InChI is InChI=1S/C23H30O2/c1-8-24-16-25-21-14-13-20(15-17(21)2)23(6,7)19-11-9-18(10-12-19)22(3,4)5/h8-15H,1,16H2,2-7H3. The summed E-state index contributed by atoms with van der Waals surface area (Å²) in [5.41, 5.74) is 5.14. The van der Waals surface area contributed by atoms with Crippen LogP contribution in [0.15, 0.2) is 55.3 Å². The zero-order valence-electron chi connectivity index (χ0n) is 16.3. The molecule has 2 nitrogen and oxygen atoms in total. The topological polar surface area (TPSA) is 18.5 Å². The fraction of sp³-hybridized carbons (Fsp3) is 0.391. The van der Waals surface area contributed by atoms with Crippen LogP contribution in [-0.4, -0.2) is 6.79 Å². The van der Waals surface area contributed by atoms with Crippen LogP contribution in [0, 0.1) is 6.92 Å². The first-order chi connectivity index (χ1) is 11.7. The van der Waals surface area contributed by atoms with Crippen molar-refractivity contribution in [3.05, 3.63) is 77.6 Å². The molecule has 0 aliphatic rings. The van der Waals surface area contributed by atoms with Gasteiger partial charge in [-0.25, -0.2) is 0 Å². The molecule has 0 aliphatic heterocycles. The van der Waals surface area contributed by atoms with Crippen molar-refractivity contribution < 1.29 is 9.47 Å². The molecule has 2 aromatic rings. The van der Waals surface area contributed by atoms with Crippen LogP contribution in [0.5, 0.6) is 5.75 Å². The molecule has 134 valence electrons. The Bertz CT molecular complexity index is 719. The Morgan fingerprint density at radius 1 is 0.880 bits per heavy atom. The summed E-state index contributed by atoms with van der Waals surface area (Å²) in [5.74, 6) is 0.837. The van der Waals surface area contributed by atoms with Gasteiger partial charge in [-0.2, -0.15) is 0 Å². The number of benzene rings is 2. The average molecular weight is 338 g/mol. The molecule has 2 rings (SSSR count). The Balaban J connectivity index is 2.26. The largest absolute Gasteiger partial charge is 0.466 e. The Morgan fingerprint density at radius 2 is 1.44 bits per heavy atom. The van der Waals surface area contributed by atoms with E-state index in [1.807, 2.05) is 6.07 Å². The van der Waals surface area contributed by atoms with Crippen LogP contribution < -0.4 is 4.74 Å². The smallest absolute Gasteiger partial charge is 0.229 e. The first-order valence-corrected chi connectivity index (χ1v) is 8.73. The van der Waals surface area contributed by atoms with Crippen molar-refractivity contribution in [2.45, 2.75) is 52.4 Å². The molecule has 25 heavy (non-hydrogen) atoms. The van der Waals surface area contributed by atoms with Gasteiger partial charge in [0.15, 0.2) is 0 Å². The van der Waals surface area contributed by atoms with Crippen molar-refractivity contribution in [2.24, 2.45) is 0 Å². The van der Waals surface area contributed by atoms with Crippen molar-refractivity contribution in [2.75, 3.05) is 6.79 Å². The lowest BCUT2D eigenvalue weighted by atomic mass is 9.76. The molecule has 0 spiro atoms. The van der Waals surface area contributed by atoms with E-state index in [4.69, 9.17) is 9.47 Å². The van der Waals surface area contributed by atoms with Crippen molar-refractivity contribution in [1.29, 1.82) is 0 Å². The third-order valence-electron chi connectivity index (χ3n) is 4.77. The number of aryl methyl sites for hydroxylation is 1. The minimum atomic E-state index is -0.0721. The summed E-state index contributed by atoms with van der Waals surface area (Å²) >= 11 is 0. The summed E-state index contributed by atoms with van der Waals surface area (Å²) < 4.78 is 10.6. The molecule has 0 unspecified atom stereocenters. The molecule has 0 radical (unpaired) electrons. The Labute approximate surface area is 152 Å². The number of hydrogen-bond acceptors (Lipinski definition) is 2. The Hall–Kier alpha value is -2.22. The highest BCUT2D eigenvalue weighted by molar-refractivity contribution is 5.44. The van der Waals surface area contributed by atoms with E-state index in [2.05, 4.69) is 84.5 Å². The third kappa shape index (κ3) is 4.45. The lowest BCUT2D eigenvalue weighted by Gasteiger charge is -2.28. The number of rotatable bonds is 6. The lowest BCUT2D eigenvalue weighted by molar-refractivity contribution is 0.0800. The first kappa shape index (κ1) is 19.1. The molecule has 0 saturated heterocycles. The highest BCUT2D eigenvalue weighted by atomic mass is 16.7. The van der Waals surface area contributed by atoms with Crippen molar-refractivity contribution in [3.63, 3.8) is 0 Å². The van der Waals surface area contributed by atoms with Crippen LogP contribution in [0.1, 0.15) is 56.9 Å². The average Bonchev–Trinajstić information content (AvgIpc) is 2.55. The van der Waals surface area contributed by atoms with Gasteiger partial charge in [-0.05, 0) is 40.7 Å². The molecule has 0 bridgehead atoms. The maximum atomic E-state index is 5.61. The summed E-state index contributed by atoms with van der Waals surface area (Å²) in [4.78, 5) is 0. The van der Waals surface area contributed by atoms with Gasteiger partial charge >= 0.3 is 0 Å². The predicted molar refractivity (Wildman–Crippen MR) is 105 cm³/mol. The highest BCUT2D eigenvalue weighted by Crippen LogP contribution is 2.35. The molecule has 0 saturated carbocycles. The van der Waals surface area contributed by atoms with Gasteiger partial charge in [-0.1, -0.05) is 77.6 Å². The molecular formula is C23H30O2. The highest BCUT2D eigenvalue weighted by Gasteiger charge is 2.24. The molecule has 0 amide bonds. The predicted octanol–water partition coefficient (Wildman–Crippen LogP) is 6.11. The van der Waals surface area contributed by atoms with Gasteiger partial charge in [0, 0.05) is 5.41 Å². The van der Waals surface area contributed by atoms with E-state index in [-0.39, 0.29) is 17.6 Å². The van der Waals surface area contributed by atoms with E-state index >= 15 is 0 Å². The van der Waals surface area contributed by atoms with Crippen molar-refractivity contribution in [1.82, 2.24) is 0 Å². The SMILES string of the molecule is C=COCOc1ccc(C(C)(C)c2ccc(C(C)(C)C)cc2)cc1C. The first-order valence-electron chi connectivity index (χ1n) is 8.73. The molecule has 0 N–H and O–H groups in total. The number of hydrogen-bond donors (Lipinski definition) is 0. The van der Waals surface area contributed by atoms with E-state index in [0.29, 0.717) is 0 Å².